The predicted octanol–water partition coefficient (Wildman–Crippen LogP) is 2.13. The van der Waals surface area contributed by atoms with E-state index in [1.54, 1.807) is 0 Å². The summed E-state index contributed by atoms with van der Waals surface area (Å²) in [5, 5.41) is 0.927. The molecule has 66 valence electrons. The van der Waals surface area contributed by atoms with Crippen molar-refractivity contribution in [3.05, 3.63) is 14.5 Å². The van der Waals surface area contributed by atoms with Crippen LogP contribution in [-0.4, -0.2) is 10.9 Å². The number of nitrogens with zero attached hydrogens (tertiary/aromatic N) is 1. The summed E-state index contributed by atoms with van der Waals surface area (Å²) < 4.78 is 0.721. The van der Waals surface area contributed by atoms with Gasteiger partial charge < -0.3 is 5.73 Å². The monoisotopic (exact) mass is 248 g/mol. The van der Waals surface area contributed by atoms with E-state index < -0.39 is 5.91 Å². The highest BCUT2D eigenvalue weighted by Crippen LogP contribution is 2.28. The van der Waals surface area contributed by atoms with Crippen LogP contribution in [0.1, 0.15) is 35.3 Å². The maximum Gasteiger partial charge on any atom is 0.269 e. The molecular formula is C7H9BrN2OS. The van der Waals surface area contributed by atoms with Crippen molar-refractivity contribution >= 4 is 33.2 Å². The van der Waals surface area contributed by atoms with Gasteiger partial charge in [0.25, 0.3) is 5.91 Å². The van der Waals surface area contributed by atoms with Crippen molar-refractivity contribution in [1.82, 2.24) is 4.98 Å². The average molecular weight is 249 g/mol. The van der Waals surface area contributed by atoms with Gasteiger partial charge in [-0.1, -0.05) is 13.8 Å². The largest absolute Gasteiger partial charge is 0.364 e. The number of carbonyl (C=O) groups is 1. The number of rotatable bonds is 2. The standard InChI is InChI=1S/C7H9BrN2OS/c1-3(2)7-10-4(6(9)11)5(8)12-7/h3H,1-2H3,(H2,9,11). The normalized spacial score (nSPS) is 10.7. The van der Waals surface area contributed by atoms with Gasteiger partial charge in [0.2, 0.25) is 0 Å². The van der Waals surface area contributed by atoms with Gasteiger partial charge in [0.1, 0.15) is 3.79 Å². The van der Waals surface area contributed by atoms with Crippen LogP contribution in [0.15, 0.2) is 3.79 Å². The predicted molar refractivity (Wildman–Crippen MR) is 52.4 cm³/mol. The van der Waals surface area contributed by atoms with E-state index in [9.17, 15) is 4.79 Å². The molecule has 0 aliphatic rings. The number of halogens is 1. The van der Waals surface area contributed by atoms with Gasteiger partial charge in [-0.25, -0.2) is 4.98 Å². The van der Waals surface area contributed by atoms with Gasteiger partial charge in [-0.3, -0.25) is 4.79 Å². The Hall–Kier alpha value is -0.420. The lowest BCUT2D eigenvalue weighted by atomic mass is 10.2. The molecule has 0 spiro atoms. The van der Waals surface area contributed by atoms with E-state index in [0.29, 0.717) is 11.6 Å². The third-order valence-electron chi connectivity index (χ3n) is 1.33. The van der Waals surface area contributed by atoms with Crippen LogP contribution in [0.2, 0.25) is 0 Å². The minimum absolute atomic E-state index is 0.333. The molecule has 5 heteroatoms. The highest BCUT2D eigenvalue weighted by atomic mass is 79.9. The summed E-state index contributed by atoms with van der Waals surface area (Å²) in [6.07, 6.45) is 0. The zero-order chi connectivity index (χ0) is 9.30. The topological polar surface area (TPSA) is 56.0 Å². The SMILES string of the molecule is CC(C)c1nc(C(N)=O)c(Br)s1. The third-order valence-corrected chi connectivity index (χ3v) is 3.34. The Bertz CT molecular complexity index is 308. The summed E-state index contributed by atoms with van der Waals surface area (Å²) in [7, 11) is 0. The maximum absolute atomic E-state index is 10.8. The van der Waals surface area contributed by atoms with E-state index in [1.807, 2.05) is 13.8 Å². The molecule has 0 bridgehead atoms. The Kier molecular flexibility index (Phi) is 2.85. The second-order valence-electron chi connectivity index (χ2n) is 2.69. The molecule has 0 atom stereocenters. The first kappa shape index (κ1) is 9.67. The Labute approximate surface area is 83.1 Å². The first-order chi connectivity index (χ1) is 5.52. The van der Waals surface area contributed by atoms with Gasteiger partial charge in [0.15, 0.2) is 5.69 Å². The lowest BCUT2D eigenvalue weighted by Gasteiger charge is -1.94. The molecule has 2 N–H and O–H groups in total. The molecule has 3 nitrogen and oxygen atoms in total. The maximum atomic E-state index is 10.8. The van der Waals surface area contributed by atoms with Crippen LogP contribution in [0.25, 0.3) is 0 Å². The zero-order valence-electron chi connectivity index (χ0n) is 6.80. The van der Waals surface area contributed by atoms with Crippen molar-refractivity contribution in [2.45, 2.75) is 19.8 Å². The molecule has 0 fully saturated rings. The molecule has 0 saturated heterocycles. The molecule has 0 saturated carbocycles. The van der Waals surface area contributed by atoms with Crippen LogP contribution in [-0.2, 0) is 0 Å². The van der Waals surface area contributed by atoms with Crippen LogP contribution in [0, 0.1) is 0 Å². The molecule has 1 aromatic rings. The molecule has 0 aliphatic heterocycles. The van der Waals surface area contributed by atoms with Crippen molar-refractivity contribution in [1.29, 1.82) is 0 Å². The van der Waals surface area contributed by atoms with E-state index in [0.717, 1.165) is 8.79 Å². The molecule has 0 aromatic carbocycles. The van der Waals surface area contributed by atoms with E-state index in [4.69, 9.17) is 5.73 Å². The number of primary amides is 1. The molecule has 1 rings (SSSR count). The van der Waals surface area contributed by atoms with E-state index in [-0.39, 0.29) is 0 Å². The van der Waals surface area contributed by atoms with Gasteiger partial charge >= 0.3 is 0 Å². The van der Waals surface area contributed by atoms with E-state index in [1.165, 1.54) is 11.3 Å². The fraction of sp³-hybridized carbons (Fsp3) is 0.429. The lowest BCUT2D eigenvalue weighted by molar-refractivity contribution is 0.0995. The van der Waals surface area contributed by atoms with E-state index in [2.05, 4.69) is 20.9 Å². The van der Waals surface area contributed by atoms with Crippen molar-refractivity contribution in [3.63, 3.8) is 0 Å². The van der Waals surface area contributed by atoms with Gasteiger partial charge in [-0.05, 0) is 15.9 Å². The molecule has 12 heavy (non-hydrogen) atoms. The Morgan fingerprint density at radius 2 is 2.25 bits per heavy atom. The molecule has 0 aliphatic carbocycles. The molecule has 1 aromatic heterocycles. The molecule has 1 amide bonds. The van der Waals surface area contributed by atoms with Crippen molar-refractivity contribution < 1.29 is 4.79 Å². The number of nitrogens with two attached hydrogens (primary N) is 1. The summed E-state index contributed by atoms with van der Waals surface area (Å²) in [6, 6.07) is 0. The lowest BCUT2D eigenvalue weighted by Crippen LogP contribution is -2.12. The average Bonchev–Trinajstić information content (AvgIpc) is 2.30. The summed E-state index contributed by atoms with van der Waals surface area (Å²) in [6.45, 7) is 4.05. The molecule has 0 unspecified atom stereocenters. The minimum atomic E-state index is -0.481. The second-order valence-corrected chi connectivity index (χ2v) is 5.04. The van der Waals surface area contributed by atoms with Crippen LogP contribution in [0.4, 0.5) is 0 Å². The highest BCUT2D eigenvalue weighted by molar-refractivity contribution is 9.11. The number of hydrogen-bond acceptors (Lipinski definition) is 3. The van der Waals surface area contributed by atoms with E-state index >= 15 is 0 Å². The van der Waals surface area contributed by atoms with Crippen molar-refractivity contribution in [3.8, 4) is 0 Å². The van der Waals surface area contributed by atoms with Crippen molar-refractivity contribution in [2.24, 2.45) is 5.73 Å². The Morgan fingerprint density at radius 1 is 1.67 bits per heavy atom. The van der Waals surface area contributed by atoms with Crippen LogP contribution < -0.4 is 5.73 Å². The minimum Gasteiger partial charge on any atom is -0.364 e. The first-order valence-corrected chi connectivity index (χ1v) is 5.09. The van der Waals surface area contributed by atoms with Crippen LogP contribution in [0.3, 0.4) is 0 Å². The number of amides is 1. The second kappa shape index (κ2) is 3.53. The van der Waals surface area contributed by atoms with Crippen molar-refractivity contribution in [2.75, 3.05) is 0 Å². The highest BCUT2D eigenvalue weighted by Gasteiger charge is 2.14. The summed E-state index contributed by atoms with van der Waals surface area (Å²) in [5.74, 6) is -0.149. The smallest absolute Gasteiger partial charge is 0.269 e. The fourth-order valence-electron chi connectivity index (χ4n) is 0.716. The Morgan fingerprint density at radius 3 is 2.50 bits per heavy atom. The van der Waals surface area contributed by atoms with Gasteiger partial charge in [0.05, 0.1) is 5.01 Å². The summed E-state index contributed by atoms with van der Waals surface area (Å²) in [5.41, 5.74) is 5.44. The Balaban J connectivity index is 3.09. The van der Waals surface area contributed by atoms with Gasteiger partial charge in [-0.2, -0.15) is 0 Å². The first-order valence-electron chi connectivity index (χ1n) is 3.48. The van der Waals surface area contributed by atoms with Gasteiger partial charge in [0, 0.05) is 5.92 Å². The number of hydrogen-bond donors (Lipinski definition) is 1. The molecule has 1 heterocycles. The van der Waals surface area contributed by atoms with Crippen LogP contribution >= 0.6 is 27.3 Å². The third kappa shape index (κ3) is 1.84. The number of aromatic nitrogens is 1. The summed E-state index contributed by atoms with van der Waals surface area (Å²) >= 11 is 4.70. The fourth-order valence-corrected chi connectivity index (χ4v) is 2.30. The molecule has 0 radical (unpaired) electrons. The number of thiazole rings is 1. The summed E-state index contributed by atoms with van der Waals surface area (Å²) in [4.78, 5) is 14.9. The molecular weight excluding hydrogens is 240 g/mol. The van der Waals surface area contributed by atoms with Crippen LogP contribution in [0.5, 0.6) is 0 Å². The number of carbonyl (C=O) groups excluding carboxylic acids is 1. The van der Waals surface area contributed by atoms with Gasteiger partial charge in [-0.15, -0.1) is 11.3 Å². The quantitative estimate of drug-likeness (QED) is 0.872. The zero-order valence-corrected chi connectivity index (χ0v) is 9.20.